The van der Waals surface area contributed by atoms with E-state index in [0.29, 0.717) is 6.61 Å². The Morgan fingerprint density at radius 1 is 1.42 bits per heavy atom. The quantitative estimate of drug-likeness (QED) is 0.553. The molecule has 0 bridgehead atoms. The molecule has 0 aromatic rings. The number of hydrogen-bond acceptors (Lipinski definition) is 5. The van der Waals surface area contributed by atoms with Crippen LogP contribution >= 0.6 is 0 Å². The standard InChI is InChI=1S/C11H20N2O6/c1-17-4-7(18-2)3-12-11(16)13-9-6-19-5-8(9)10(14)15/h7-9H,3-6H2,1-2H3,(H,14,15)(H2,12,13,16). The summed E-state index contributed by atoms with van der Waals surface area (Å²) in [5.74, 6) is -1.68. The lowest BCUT2D eigenvalue weighted by molar-refractivity contribution is -0.142. The second-order valence-electron chi connectivity index (χ2n) is 4.26. The molecular formula is C11H20N2O6. The summed E-state index contributed by atoms with van der Waals surface area (Å²) in [6, 6.07) is -0.958. The van der Waals surface area contributed by atoms with Crippen molar-refractivity contribution in [3.63, 3.8) is 0 Å². The zero-order valence-electron chi connectivity index (χ0n) is 11.0. The average Bonchev–Trinajstić information content (AvgIpc) is 2.82. The first-order valence-corrected chi connectivity index (χ1v) is 5.95. The summed E-state index contributed by atoms with van der Waals surface area (Å²) in [7, 11) is 3.06. The van der Waals surface area contributed by atoms with E-state index in [0.717, 1.165) is 0 Å². The maximum Gasteiger partial charge on any atom is 0.315 e. The third-order valence-electron chi connectivity index (χ3n) is 2.89. The molecule has 1 rings (SSSR count). The van der Waals surface area contributed by atoms with Crippen LogP contribution in [0.4, 0.5) is 4.79 Å². The van der Waals surface area contributed by atoms with Gasteiger partial charge < -0.3 is 30.0 Å². The van der Waals surface area contributed by atoms with E-state index in [1.807, 2.05) is 0 Å². The summed E-state index contributed by atoms with van der Waals surface area (Å²) < 4.78 is 15.0. The van der Waals surface area contributed by atoms with Crippen molar-refractivity contribution in [2.24, 2.45) is 5.92 Å². The van der Waals surface area contributed by atoms with E-state index in [1.165, 1.54) is 7.11 Å². The van der Waals surface area contributed by atoms with Crippen molar-refractivity contribution in [2.75, 3.05) is 40.6 Å². The van der Waals surface area contributed by atoms with Crippen molar-refractivity contribution in [1.29, 1.82) is 0 Å². The Hall–Kier alpha value is -1.38. The smallest absolute Gasteiger partial charge is 0.315 e. The van der Waals surface area contributed by atoms with Crippen LogP contribution in [0.15, 0.2) is 0 Å². The minimum atomic E-state index is -0.975. The zero-order chi connectivity index (χ0) is 14.3. The van der Waals surface area contributed by atoms with Gasteiger partial charge >= 0.3 is 12.0 Å². The lowest BCUT2D eigenvalue weighted by Gasteiger charge is -2.18. The molecule has 1 aliphatic heterocycles. The molecule has 0 saturated carbocycles. The van der Waals surface area contributed by atoms with Crippen LogP contribution in [-0.2, 0) is 19.0 Å². The van der Waals surface area contributed by atoms with Crippen molar-refractivity contribution in [2.45, 2.75) is 12.1 Å². The van der Waals surface area contributed by atoms with Gasteiger partial charge in [0.2, 0.25) is 0 Å². The number of carboxylic acid groups (broad SMARTS) is 1. The first-order chi connectivity index (χ1) is 9.08. The molecule has 0 aromatic heterocycles. The number of urea groups is 1. The minimum absolute atomic E-state index is 0.116. The van der Waals surface area contributed by atoms with Crippen molar-refractivity contribution in [3.8, 4) is 0 Å². The van der Waals surface area contributed by atoms with Crippen LogP contribution in [0.3, 0.4) is 0 Å². The molecule has 0 spiro atoms. The van der Waals surface area contributed by atoms with Gasteiger partial charge in [-0.25, -0.2) is 4.79 Å². The van der Waals surface area contributed by atoms with Crippen molar-refractivity contribution in [3.05, 3.63) is 0 Å². The van der Waals surface area contributed by atoms with Gasteiger partial charge in [0.1, 0.15) is 5.92 Å². The van der Waals surface area contributed by atoms with Crippen LogP contribution in [0.2, 0.25) is 0 Å². The first kappa shape index (κ1) is 15.7. The van der Waals surface area contributed by atoms with E-state index >= 15 is 0 Å². The Bertz CT molecular complexity index is 312. The molecule has 3 atom stereocenters. The Morgan fingerprint density at radius 3 is 2.74 bits per heavy atom. The van der Waals surface area contributed by atoms with Crippen molar-refractivity contribution < 1.29 is 28.9 Å². The van der Waals surface area contributed by atoms with E-state index < -0.39 is 24.0 Å². The van der Waals surface area contributed by atoms with Gasteiger partial charge in [0.05, 0.1) is 32.0 Å². The largest absolute Gasteiger partial charge is 0.481 e. The van der Waals surface area contributed by atoms with Crippen molar-refractivity contribution in [1.82, 2.24) is 10.6 Å². The second-order valence-corrected chi connectivity index (χ2v) is 4.26. The molecule has 0 aromatic carbocycles. The summed E-state index contributed by atoms with van der Waals surface area (Å²) in [4.78, 5) is 22.5. The second kappa shape index (κ2) is 7.93. The van der Waals surface area contributed by atoms with Gasteiger partial charge in [-0.15, -0.1) is 0 Å². The van der Waals surface area contributed by atoms with Crippen molar-refractivity contribution >= 4 is 12.0 Å². The number of nitrogens with one attached hydrogen (secondary N) is 2. The highest BCUT2D eigenvalue weighted by molar-refractivity contribution is 5.77. The molecule has 19 heavy (non-hydrogen) atoms. The normalized spacial score (nSPS) is 23.9. The SMILES string of the molecule is COCC(CNC(=O)NC1COCC1C(=O)O)OC. The highest BCUT2D eigenvalue weighted by Gasteiger charge is 2.35. The third kappa shape index (κ3) is 5.01. The Kier molecular flexibility index (Phi) is 6.54. The predicted octanol–water partition coefficient (Wildman–Crippen LogP) is -0.953. The van der Waals surface area contributed by atoms with Crippen LogP contribution in [-0.4, -0.2) is 69.8 Å². The van der Waals surface area contributed by atoms with Crippen LogP contribution < -0.4 is 10.6 Å². The van der Waals surface area contributed by atoms with E-state index in [-0.39, 0.29) is 25.9 Å². The number of carbonyl (C=O) groups is 2. The van der Waals surface area contributed by atoms with Crippen LogP contribution in [0.25, 0.3) is 0 Å². The summed E-state index contributed by atoms with van der Waals surface area (Å²) >= 11 is 0. The topological polar surface area (TPSA) is 106 Å². The molecule has 3 N–H and O–H groups in total. The lowest BCUT2D eigenvalue weighted by Crippen LogP contribution is -2.49. The Labute approximate surface area is 111 Å². The van der Waals surface area contributed by atoms with Gasteiger partial charge in [0, 0.05) is 20.8 Å². The van der Waals surface area contributed by atoms with E-state index in [9.17, 15) is 9.59 Å². The molecule has 8 nitrogen and oxygen atoms in total. The van der Waals surface area contributed by atoms with Crippen LogP contribution in [0, 0.1) is 5.92 Å². The summed E-state index contributed by atoms with van der Waals surface area (Å²) in [6.45, 7) is 0.962. The molecule has 1 saturated heterocycles. The molecule has 8 heteroatoms. The molecule has 1 heterocycles. The number of amides is 2. The molecule has 1 aliphatic rings. The number of methoxy groups -OCH3 is 2. The summed E-state index contributed by atoms with van der Waals surface area (Å²) in [6.07, 6.45) is -0.245. The van der Waals surface area contributed by atoms with Gasteiger partial charge in [0.15, 0.2) is 0 Å². The highest BCUT2D eigenvalue weighted by Crippen LogP contribution is 2.13. The summed E-state index contributed by atoms with van der Waals surface area (Å²) in [5.41, 5.74) is 0. The Balaban J connectivity index is 2.32. The van der Waals surface area contributed by atoms with E-state index in [1.54, 1.807) is 7.11 Å². The number of rotatable bonds is 7. The molecule has 0 radical (unpaired) electrons. The number of carboxylic acids is 1. The maximum absolute atomic E-state index is 11.6. The Morgan fingerprint density at radius 2 is 2.16 bits per heavy atom. The number of hydrogen-bond donors (Lipinski definition) is 3. The minimum Gasteiger partial charge on any atom is -0.481 e. The summed E-state index contributed by atoms with van der Waals surface area (Å²) in [5, 5.41) is 14.1. The maximum atomic E-state index is 11.6. The fraction of sp³-hybridized carbons (Fsp3) is 0.818. The van der Waals surface area contributed by atoms with Crippen LogP contribution in [0.1, 0.15) is 0 Å². The van der Waals surface area contributed by atoms with E-state index in [4.69, 9.17) is 19.3 Å². The van der Waals surface area contributed by atoms with Gasteiger partial charge in [-0.3, -0.25) is 4.79 Å². The number of aliphatic carboxylic acids is 1. The van der Waals surface area contributed by atoms with Gasteiger partial charge in [0.25, 0.3) is 0 Å². The molecule has 1 fully saturated rings. The highest BCUT2D eigenvalue weighted by atomic mass is 16.5. The molecular weight excluding hydrogens is 256 g/mol. The van der Waals surface area contributed by atoms with Gasteiger partial charge in [-0.05, 0) is 0 Å². The molecule has 110 valence electrons. The zero-order valence-corrected chi connectivity index (χ0v) is 11.0. The van der Waals surface area contributed by atoms with Gasteiger partial charge in [-0.1, -0.05) is 0 Å². The molecule has 2 amide bonds. The number of ether oxygens (including phenoxy) is 3. The van der Waals surface area contributed by atoms with E-state index in [2.05, 4.69) is 10.6 Å². The fourth-order valence-electron chi connectivity index (χ4n) is 1.76. The fourth-order valence-corrected chi connectivity index (χ4v) is 1.76. The number of carbonyl (C=O) groups excluding carboxylic acids is 1. The first-order valence-electron chi connectivity index (χ1n) is 5.95. The monoisotopic (exact) mass is 276 g/mol. The molecule has 3 unspecified atom stereocenters. The lowest BCUT2D eigenvalue weighted by atomic mass is 10.0. The predicted molar refractivity (Wildman–Crippen MR) is 64.9 cm³/mol. The van der Waals surface area contributed by atoms with Crippen LogP contribution in [0.5, 0.6) is 0 Å². The average molecular weight is 276 g/mol. The third-order valence-corrected chi connectivity index (χ3v) is 2.89. The molecule has 0 aliphatic carbocycles. The van der Waals surface area contributed by atoms with Gasteiger partial charge in [-0.2, -0.15) is 0 Å².